The second-order valence-electron chi connectivity index (χ2n) is 5.24. The summed E-state index contributed by atoms with van der Waals surface area (Å²) in [4.78, 5) is 51.2. The molecule has 0 radical (unpaired) electrons. The number of esters is 3. The lowest BCUT2D eigenvalue weighted by Gasteiger charge is -2.08. The molecule has 1 aliphatic rings. The second-order valence-corrected chi connectivity index (χ2v) is 5.24. The van der Waals surface area contributed by atoms with Crippen molar-refractivity contribution in [3.05, 3.63) is 59.2 Å². The first kappa shape index (κ1) is 18.7. The topological polar surface area (TPSA) is 133 Å². The molecule has 0 fully saturated rings. The molecule has 0 bridgehead atoms. The molecule has 0 unspecified atom stereocenters. The summed E-state index contributed by atoms with van der Waals surface area (Å²) in [6.07, 6.45) is 2.49. The lowest BCUT2D eigenvalue weighted by molar-refractivity contribution is 0.0362. The maximum Gasteiger partial charge on any atom is 0.365 e. The van der Waals surface area contributed by atoms with Crippen LogP contribution < -0.4 is 0 Å². The number of aromatic nitrogens is 2. The number of carbonyl (C=O) groups is 4. The van der Waals surface area contributed by atoms with Crippen molar-refractivity contribution in [3.63, 3.8) is 0 Å². The summed E-state index contributed by atoms with van der Waals surface area (Å²) in [5.74, 6) is -3.19. The van der Waals surface area contributed by atoms with Crippen LogP contribution in [0.4, 0.5) is 0 Å². The first-order valence-electron chi connectivity index (χ1n) is 7.42. The zero-order valence-electron chi connectivity index (χ0n) is 13.8. The fraction of sp³-hybridized carbons (Fsp3) is 0.176. The maximum absolute atomic E-state index is 11.4. The van der Waals surface area contributed by atoms with E-state index in [4.69, 9.17) is 9.84 Å². The maximum atomic E-state index is 11.4. The zero-order valence-corrected chi connectivity index (χ0v) is 13.8. The van der Waals surface area contributed by atoms with Crippen molar-refractivity contribution in [2.24, 2.45) is 0 Å². The summed E-state index contributed by atoms with van der Waals surface area (Å²) in [5.41, 5.74) is 0.0388. The Kier molecular flexibility index (Phi) is 5.74. The highest BCUT2D eigenvalue weighted by molar-refractivity contribution is 6.13. The fourth-order valence-electron chi connectivity index (χ4n) is 1.93. The van der Waals surface area contributed by atoms with Gasteiger partial charge in [0.25, 0.3) is 0 Å². The molecule has 0 aliphatic carbocycles. The van der Waals surface area contributed by atoms with E-state index in [9.17, 15) is 19.2 Å². The predicted octanol–water partition coefficient (Wildman–Crippen LogP) is 1.74. The molecule has 0 saturated heterocycles. The van der Waals surface area contributed by atoms with Gasteiger partial charge in [-0.15, -0.1) is 0 Å². The number of pyridine rings is 2. The van der Waals surface area contributed by atoms with Crippen LogP contribution in [0.1, 0.15) is 55.5 Å². The van der Waals surface area contributed by atoms with E-state index >= 15 is 0 Å². The number of nitrogens with zero attached hydrogens (tertiary/aromatic N) is 2. The van der Waals surface area contributed by atoms with Gasteiger partial charge < -0.3 is 14.6 Å². The molecule has 2 aromatic rings. The summed E-state index contributed by atoms with van der Waals surface area (Å²) in [5, 5.41) is 8.80. The Hall–Kier alpha value is -3.62. The highest BCUT2D eigenvalue weighted by Gasteiger charge is 2.30. The average Bonchev–Trinajstić information content (AvgIpc) is 2.89. The summed E-state index contributed by atoms with van der Waals surface area (Å²) < 4.78 is 9.15. The largest absolute Gasteiger partial charge is 0.478 e. The van der Waals surface area contributed by atoms with E-state index in [1.165, 1.54) is 30.6 Å². The van der Waals surface area contributed by atoms with Gasteiger partial charge in [-0.3, -0.25) is 0 Å². The monoisotopic (exact) mass is 358 g/mol. The average molecular weight is 358 g/mol. The number of fused-ring (bicyclic) bond motifs is 1. The van der Waals surface area contributed by atoms with E-state index < -0.39 is 23.9 Å². The van der Waals surface area contributed by atoms with Crippen molar-refractivity contribution in [2.75, 3.05) is 0 Å². The minimum atomic E-state index is -1.20. The molecule has 3 heterocycles. The van der Waals surface area contributed by atoms with Gasteiger partial charge in [-0.25, -0.2) is 29.1 Å². The predicted molar refractivity (Wildman–Crippen MR) is 85.7 cm³/mol. The van der Waals surface area contributed by atoms with Gasteiger partial charge in [0.1, 0.15) is 0 Å². The van der Waals surface area contributed by atoms with Crippen molar-refractivity contribution in [1.29, 1.82) is 0 Å². The van der Waals surface area contributed by atoms with Crippen molar-refractivity contribution in [3.8, 4) is 0 Å². The number of carbonyl (C=O) groups excluding carboxylic acids is 3. The number of hydrogen-bond donors (Lipinski definition) is 1. The molecular formula is C17H14N2O7. The molecule has 0 atom stereocenters. The van der Waals surface area contributed by atoms with E-state index in [-0.39, 0.29) is 28.6 Å². The van der Waals surface area contributed by atoms with Crippen LogP contribution in [-0.4, -0.2) is 45.1 Å². The summed E-state index contributed by atoms with van der Waals surface area (Å²) in [7, 11) is 0. The number of cyclic esters (lactones) is 2. The van der Waals surface area contributed by atoms with E-state index in [0.29, 0.717) is 0 Å². The summed E-state index contributed by atoms with van der Waals surface area (Å²) in [6.45, 7) is 3.36. The highest BCUT2D eigenvalue weighted by Crippen LogP contribution is 2.15. The van der Waals surface area contributed by atoms with E-state index in [1.54, 1.807) is 19.9 Å². The minimum absolute atomic E-state index is 0.109. The van der Waals surface area contributed by atoms with Crippen LogP contribution in [0.2, 0.25) is 0 Å². The lowest BCUT2D eigenvalue weighted by atomic mass is 10.2. The van der Waals surface area contributed by atoms with Gasteiger partial charge in [0, 0.05) is 12.4 Å². The van der Waals surface area contributed by atoms with Gasteiger partial charge in [-0.1, -0.05) is 0 Å². The molecule has 2 aromatic heterocycles. The Morgan fingerprint density at radius 2 is 1.73 bits per heavy atom. The Morgan fingerprint density at radius 3 is 2.35 bits per heavy atom. The standard InChI is InChI=1S/C10H11NO4.C7H3NO3/c1-6(2)15-10(14)8-7(9(12)13)4-3-5-11-8;9-6-4-2-1-3-8-5(4)7(10)11-6/h3-6H,1-2H3,(H,12,13);1-3H. The third-order valence-electron chi connectivity index (χ3n) is 2.98. The Labute approximate surface area is 147 Å². The Bertz CT molecular complexity index is 844. The van der Waals surface area contributed by atoms with Crippen LogP contribution in [0.5, 0.6) is 0 Å². The number of carboxylic acid groups (broad SMARTS) is 1. The lowest BCUT2D eigenvalue weighted by Crippen LogP contribution is -2.17. The number of ether oxygens (including phenoxy) is 2. The quantitative estimate of drug-likeness (QED) is 0.643. The van der Waals surface area contributed by atoms with Gasteiger partial charge in [-0.2, -0.15) is 0 Å². The zero-order chi connectivity index (χ0) is 19.3. The van der Waals surface area contributed by atoms with E-state index in [2.05, 4.69) is 14.7 Å². The number of hydrogen-bond acceptors (Lipinski definition) is 8. The Balaban J connectivity index is 0.000000195. The molecule has 1 aliphatic heterocycles. The number of aromatic carboxylic acids is 1. The van der Waals surface area contributed by atoms with E-state index in [1.807, 2.05) is 0 Å². The fourth-order valence-corrected chi connectivity index (χ4v) is 1.93. The molecule has 3 rings (SSSR count). The van der Waals surface area contributed by atoms with Gasteiger partial charge >= 0.3 is 23.9 Å². The molecule has 0 aromatic carbocycles. The molecule has 9 nitrogen and oxygen atoms in total. The normalized spacial score (nSPS) is 12.0. The van der Waals surface area contributed by atoms with Gasteiger partial charge in [-0.05, 0) is 38.1 Å². The number of carboxylic acids is 1. The van der Waals surface area contributed by atoms with Crippen LogP contribution in [0.15, 0.2) is 36.7 Å². The van der Waals surface area contributed by atoms with Crippen LogP contribution >= 0.6 is 0 Å². The van der Waals surface area contributed by atoms with Crippen LogP contribution in [0, 0.1) is 0 Å². The van der Waals surface area contributed by atoms with Gasteiger partial charge in [0.2, 0.25) is 0 Å². The minimum Gasteiger partial charge on any atom is -0.478 e. The first-order chi connectivity index (χ1) is 12.3. The Morgan fingerprint density at radius 1 is 1.08 bits per heavy atom. The third-order valence-corrected chi connectivity index (χ3v) is 2.98. The SMILES string of the molecule is CC(C)OC(=O)c1ncccc1C(=O)O.O=C1OC(=O)c2ncccc21. The molecular weight excluding hydrogens is 344 g/mol. The van der Waals surface area contributed by atoms with Crippen molar-refractivity contribution >= 4 is 23.9 Å². The second kappa shape index (κ2) is 7.97. The molecule has 1 N–H and O–H groups in total. The van der Waals surface area contributed by atoms with Crippen LogP contribution in [-0.2, 0) is 9.47 Å². The van der Waals surface area contributed by atoms with Gasteiger partial charge in [0.05, 0.1) is 17.2 Å². The smallest absolute Gasteiger partial charge is 0.365 e. The molecule has 26 heavy (non-hydrogen) atoms. The van der Waals surface area contributed by atoms with Crippen LogP contribution in [0.25, 0.3) is 0 Å². The van der Waals surface area contributed by atoms with Crippen molar-refractivity contribution in [2.45, 2.75) is 20.0 Å². The molecule has 134 valence electrons. The van der Waals surface area contributed by atoms with Crippen LogP contribution in [0.3, 0.4) is 0 Å². The molecule has 9 heteroatoms. The molecule has 0 amide bonds. The van der Waals surface area contributed by atoms with E-state index in [0.717, 1.165) is 0 Å². The van der Waals surface area contributed by atoms with Gasteiger partial charge in [0.15, 0.2) is 11.4 Å². The molecule has 0 saturated carbocycles. The molecule has 0 spiro atoms. The summed E-state index contributed by atoms with van der Waals surface area (Å²) >= 11 is 0. The third kappa shape index (κ3) is 4.26. The van der Waals surface area contributed by atoms with Crippen molar-refractivity contribution in [1.82, 2.24) is 9.97 Å². The van der Waals surface area contributed by atoms with Crippen molar-refractivity contribution < 1.29 is 33.8 Å². The number of rotatable bonds is 3. The summed E-state index contributed by atoms with van der Waals surface area (Å²) in [6, 6.07) is 5.86. The highest BCUT2D eigenvalue weighted by atomic mass is 16.6. The first-order valence-corrected chi connectivity index (χ1v) is 7.42.